The van der Waals surface area contributed by atoms with Gasteiger partial charge in [0.25, 0.3) is 0 Å². The van der Waals surface area contributed by atoms with Gasteiger partial charge in [-0.25, -0.2) is 4.39 Å². The molecule has 0 saturated carbocycles. The molecule has 0 aliphatic carbocycles. The van der Waals surface area contributed by atoms with Crippen molar-refractivity contribution in [3.8, 4) is 0 Å². The molecule has 2 unspecified atom stereocenters. The third-order valence-corrected chi connectivity index (χ3v) is 3.67. The van der Waals surface area contributed by atoms with Crippen LogP contribution in [0.2, 0.25) is 0 Å². The molecule has 0 N–H and O–H groups in total. The topological polar surface area (TPSA) is 21.8 Å². The molecular weight excluding hydrogens is 480 g/mol. The van der Waals surface area contributed by atoms with Gasteiger partial charge in [0.15, 0.2) is 0 Å². The minimum Gasteiger partial charge on any atom is -0.372 e. The fourth-order valence-electron chi connectivity index (χ4n) is 1.75. The Morgan fingerprint density at radius 3 is 1.47 bits per heavy atom. The Balaban J connectivity index is 3.24. The Morgan fingerprint density at radius 1 is 0.700 bits per heavy atom. The summed E-state index contributed by atoms with van der Waals surface area (Å²) in [6, 6.07) is 0. The normalized spacial score (nSPS) is 21.0. The van der Waals surface area contributed by atoms with E-state index in [0.717, 1.165) is 0 Å². The van der Waals surface area contributed by atoms with Gasteiger partial charge in [-0.15, -0.1) is 0 Å². The van der Waals surface area contributed by atoms with Gasteiger partial charge in [-0.2, -0.15) is 65.9 Å². The second-order valence-corrected chi connectivity index (χ2v) is 6.00. The van der Waals surface area contributed by atoms with Gasteiger partial charge < -0.3 is 9.47 Å². The van der Waals surface area contributed by atoms with Crippen LogP contribution in [0.3, 0.4) is 0 Å². The van der Waals surface area contributed by atoms with Crippen molar-refractivity contribution in [2.45, 2.75) is 54.0 Å². The number of epoxide rings is 1. The Kier molecular flexibility index (Phi) is 6.66. The monoisotopic (exact) mass is 488 g/mol. The zero-order valence-corrected chi connectivity index (χ0v) is 13.6. The van der Waals surface area contributed by atoms with Crippen LogP contribution in [-0.4, -0.2) is 73.8 Å². The van der Waals surface area contributed by atoms with Crippen molar-refractivity contribution in [3.63, 3.8) is 0 Å². The molecule has 0 bridgehead atoms. The molecule has 180 valence electrons. The van der Waals surface area contributed by atoms with Crippen molar-refractivity contribution in [1.82, 2.24) is 0 Å². The van der Waals surface area contributed by atoms with Crippen molar-refractivity contribution in [3.05, 3.63) is 0 Å². The van der Waals surface area contributed by atoms with Crippen LogP contribution in [0, 0.1) is 0 Å². The minimum atomic E-state index is -8.08. The molecule has 1 fully saturated rings. The molecule has 0 aromatic rings. The summed E-state index contributed by atoms with van der Waals surface area (Å²) in [4.78, 5) is 0. The van der Waals surface area contributed by atoms with Crippen molar-refractivity contribution in [2.24, 2.45) is 0 Å². The van der Waals surface area contributed by atoms with Gasteiger partial charge in [0.2, 0.25) is 6.17 Å². The van der Waals surface area contributed by atoms with Crippen LogP contribution in [0.1, 0.15) is 0 Å². The number of ether oxygens (including phenoxy) is 2. The van der Waals surface area contributed by atoms with E-state index in [9.17, 15) is 70.2 Å². The van der Waals surface area contributed by atoms with Gasteiger partial charge >= 0.3 is 41.7 Å². The van der Waals surface area contributed by atoms with Crippen molar-refractivity contribution in [1.29, 1.82) is 0 Å². The van der Waals surface area contributed by atoms with E-state index >= 15 is 0 Å². The molecule has 0 amide bonds. The largest absolute Gasteiger partial charge is 0.460 e. The summed E-state index contributed by atoms with van der Waals surface area (Å²) >= 11 is 0. The molecule has 1 rings (SSSR count). The lowest BCUT2D eigenvalue weighted by Gasteiger charge is -2.40. The minimum absolute atomic E-state index is 0.126. The molecule has 0 spiro atoms. The Morgan fingerprint density at radius 2 is 1.10 bits per heavy atom. The van der Waals surface area contributed by atoms with Gasteiger partial charge in [0.1, 0.15) is 12.7 Å². The fourth-order valence-corrected chi connectivity index (χ4v) is 1.75. The number of alkyl halides is 16. The first-order chi connectivity index (χ1) is 13.0. The first-order valence-corrected chi connectivity index (χ1v) is 7.15. The molecule has 0 aromatic heterocycles. The number of halogens is 16. The van der Waals surface area contributed by atoms with E-state index in [0.29, 0.717) is 0 Å². The second kappa shape index (κ2) is 7.44. The van der Waals surface area contributed by atoms with Crippen LogP contribution in [0.15, 0.2) is 0 Å². The molecule has 30 heavy (non-hydrogen) atoms. The summed E-state index contributed by atoms with van der Waals surface area (Å²) in [7, 11) is 0. The maximum atomic E-state index is 13.4. The van der Waals surface area contributed by atoms with E-state index in [-0.39, 0.29) is 6.61 Å². The lowest BCUT2D eigenvalue weighted by Crippen LogP contribution is -2.70. The summed E-state index contributed by atoms with van der Waals surface area (Å²) in [5.74, 6) is -45.0. The smallest absolute Gasteiger partial charge is 0.372 e. The average Bonchev–Trinajstić information content (AvgIpc) is 3.36. The summed E-state index contributed by atoms with van der Waals surface area (Å²) in [5.41, 5.74) is 0. The van der Waals surface area contributed by atoms with Gasteiger partial charge in [-0.05, 0) is 0 Å². The third kappa shape index (κ3) is 4.12. The van der Waals surface area contributed by atoms with E-state index in [4.69, 9.17) is 0 Å². The Labute approximate surface area is 155 Å². The highest BCUT2D eigenvalue weighted by Gasteiger charge is 2.88. The Hall–Kier alpha value is -1.20. The van der Waals surface area contributed by atoms with E-state index < -0.39 is 67.2 Å². The van der Waals surface area contributed by atoms with Crippen LogP contribution in [0.25, 0.3) is 0 Å². The van der Waals surface area contributed by atoms with Crippen molar-refractivity contribution >= 4 is 0 Å². The molecule has 2 atom stereocenters. The number of hydrogen-bond acceptors (Lipinski definition) is 2. The van der Waals surface area contributed by atoms with E-state index in [1.165, 1.54) is 0 Å². The fraction of sp³-hybridized carbons (Fsp3) is 1.00. The first kappa shape index (κ1) is 26.8. The predicted molar refractivity (Wildman–Crippen MR) is 61.2 cm³/mol. The van der Waals surface area contributed by atoms with Gasteiger partial charge in [0.05, 0.1) is 13.2 Å². The van der Waals surface area contributed by atoms with Gasteiger partial charge in [-0.3, -0.25) is 0 Å². The van der Waals surface area contributed by atoms with E-state index in [2.05, 4.69) is 9.47 Å². The lowest BCUT2D eigenvalue weighted by molar-refractivity contribution is -0.421. The summed E-state index contributed by atoms with van der Waals surface area (Å²) in [6.07, 6.45) is -15.1. The van der Waals surface area contributed by atoms with Crippen LogP contribution in [0.5, 0.6) is 0 Å². The molecular formula is C12H8F16O2. The molecule has 1 saturated heterocycles. The van der Waals surface area contributed by atoms with E-state index in [1.807, 2.05) is 0 Å². The highest BCUT2D eigenvalue weighted by Crippen LogP contribution is 2.59. The standard InChI is InChI=1S/C12H8F16O2/c13-5(8(18,19)10(22,23)11(24,25)12(26,27)28)7(16,17)9(20,21)6(14,15)3-29-1-4-2-30-4/h4-5H,1-3H2. The summed E-state index contributed by atoms with van der Waals surface area (Å²) in [5, 5.41) is 0. The van der Waals surface area contributed by atoms with Gasteiger partial charge in [-0.1, -0.05) is 0 Å². The van der Waals surface area contributed by atoms with Crippen molar-refractivity contribution in [2.75, 3.05) is 19.8 Å². The van der Waals surface area contributed by atoms with Gasteiger partial charge in [0, 0.05) is 0 Å². The van der Waals surface area contributed by atoms with Crippen molar-refractivity contribution < 1.29 is 79.7 Å². The highest BCUT2D eigenvalue weighted by atomic mass is 19.4. The SMILES string of the molecule is FC(C(F)(F)C(F)(F)C(F)(F)COCC1CO1)C(F)(F)C(F)(F)C(F)(F)C(F)(F)F. The second-order valence-electron chi connectivity index (χ2n) is 6.00. The summed E-state index contributed by atoms with van der Waals surface area (Å²) < 4.78 is 215. The third-order valence-electron chi connectivity index (χ3n) is 3.67. The molecule has 1 aliphatic rings. The van der Waals surface area contributed by atoms with Crippen LogP contribution in [0.4, 0.5) is 70.2 Å². The zero-order chi connectivity index (χ0) is 24.2. The van der Waals surface area contributed by atoms with Crippen LogP contribution in [-0.2, 0) is 9.47 Å². The number of hydrogen-bond donors (Lipinski definition) is 0. The molecule has 2 nitrogen and oxygen atoms in total. The quantitative estimate of drug-likeness (QED) is 0.315. The van der Waals surface area contributed by atoms with E-state index in [1.54, 1.807) is 0 Å². The zero-order valence-electron chi connectivity index (χ0n) is 13.6. The highest BCUT2D eigenvalue weighted by molar-refractivity contribution is 5.11. The predicted octanol–water partition coefficient (Wildman–Crippen LogP) is 5.11. The summed E-state index contributed by atoms with van der Waals surface area (Å²) in [6.45, 7) is -3.76. The maximum absolute atomic E-state index is 13.4. The maximum Gasteiger partial charge on any atom is 0.460 e. The Bertz CT molecular complexity index is 608. The lowest BCUT2D eigenvalue weighted by atomic mass is 9.91. The van der Waals surface area contributed by atoms with Crippen LogP contribution >= 0.6 is 0 Å². The average molecular weight is 488 g/mol. The molecule has 1 heterocycles. The first-order valence-electron chi connectivity index (χ1n) is 7.15. The molecule has 0 radical (unpaired) electrons. The molecule has 1 aliphatic heterocycles. The molecule has 18 heteroatoms. The number of rotatable bonds is 10. The van der Waals surface area contributed by atoms with Crippen LogP contribution < -0.4 is 0 Å². The molecule has 0 aromatic carbocycles.